The van der Waals surface area contributed by atoms with Crippen molar-refractivity contribution < 1.29 is 9.47 Å². The lowest BCUT2D eigenvalue weighted by Crippen LogP contribution is -2.23. The molecule has 0 amide bonds. The summed E-state index contributed by atoms with van der Waals surface area (Å²) in [6.45, 7) is 1.98. The Morgan fingerprint density at radius 1 is 1.15 bits per heavy atom. The van der Waals surface area contributed by atoms with Gasteiger partial charge in [0.05, 0.1) is 23.9 Å². The van der Waals surface area contributed by atoms with Crippen LogP contribution in [0.3, 0.4) is 0 Å². The predicted molar refractivity (Wildman–Crippen MR) is 120 cm³/mol. The van der Waals surface area contributed by atoms with Crippen LogP contribution < -0.4 is 20.5 Å². The third-order valence-electron chi connectivity index (χ3n) is 4.52. The van der Waals surface area contributed by atoms with Crippen LogP contribution >= 0.6 is 35.3 Å². The number of guanidine groups is 1. The number of nitrogens with one attached hydrogen (secondary N) is 1. The van der Waals surface area contributed by atoms with Crippen molar-refractivity contribution in [2.24, 2.45) is 10.7 Å². The van der Waals surface area contributed by atoms with Gasteiger partial charge in [0.1, 0.15) is 0 Å². The molecule has 4 rings (SSSR count). The Kier molecular flexibility index (Phi) is 7.17. The zero-order valence-electron chi connectivity index (χ0n) is 15.2. The molecule has 1 aromatic carbocycles. The van der Waals surface area contributed by atoms with Crippen molar-refractivity contribution in [3.63, 3.8) is 0 Å². The SMILES string of the molecule is I.NC(=NCCc1nc2c(s1)CCCC2)Nc1ccc2c(c1)OCCCO2. The van der Waals surface area contributed by atoms with E-state index >= 15 is 0 Å². The van der Waals surface area contributed by atoms with Crippen LogP contribution in [0.4, 0.5) is 5.69 Å². The summed E-state index contributed by atoms with van der Waals surface area (Å²) >= 11 is 1.84. The number of hydrogen-bond acceptors (Lipinski definition) is 5. The lowest BCUT2D eigenvalue weighted by atomic mass is 10.0. The van der Waals surface area contributed by atoms with Gasteiger partial charge >= 0.3 is 0 Å². The molecule has 0 unspecified atom stereocenters. The lowest BCUT2D eigenvalue weighted by Gasteiger charge is -2.10. The molecule has 0 fully saturated rings. The fraction of sp³-hybridized carbons (Fsp3) is 0.474. The van der Waals surface area contributed by atoms with E-state index in [9.17, 15) is 0 Å². The fourth-order valence-corrected chi connectivity index (χ4v) is 4.36. The van der Waals surface area contributed by atoms with Gasteiger partial charge in [-0.1, -0.05) is 0 Å². The van der Waals surface area contributed by atoms with E-state index in [0.717, 1.165) is 36.4 Å². The first kappa shape index (κ1) is 20.2. The van der Waals surface area contributed by atoms with Gasteiger partial charge in [-0.15, -0.1) is 35.3 Å². The molecule has 2 aromatic rings. The molecule has 2 aliphatic rings. The normalized spacial score (nSPS) is 16.1. The number of nitrogens with zero attached hydrogens (tertiary/aromatic N) is 2. The van der Waals surface area contributed by atoms with E-state index in [2.05, 4.69) is 10.3 Å². The molecule has 0 atom stereocenters. The van der Waals surface area contributed by atoms with Gasteiger partial charge in [0.2, 0.25) is 0 Å². The second-order valence-corrected chi connectivity index (χ2v) is 7.71. The summed E-state index contributed by atoms with van der Waals surface area (Å²) in [5, 5.41) is 4.29. The van der Waals surface area contributed by atoms with Gasteiger partial charge in [-0.05, 0) is 37.8 Å². The molecule has 1 aliphatic heterocycles. The minimum Gasteiger partial charge on any atom is -0.490 e. The van der Waals surface area contributed by atoms with E-state index in [1.807, 2.05) is 29.5 Å². The van der Waals surface area contributed by atoms with Crippen LogP contribution in [-0.4, -0.2) is 30.7 Å². The number of halogens is 1. The molecular weight excluding hydrogens is 475 g/mol. The Hall–Kier alpha value is -1.55. The average molecular weight is 500 g/mol. The Bertz CT molecular complexity index is 786. The van der Waals surface area contributed by atoms with Gasteiger partial charge in [-0.2, -0.15) is 0 Å². The summed E-state index contributed by atoms with van der Waals surface area (Å²) in [6.07, 6.45) is 6.59. The molecule has 2 heterocycles. The van der Waals surface area contributed by atoms with E-state index in [1.165, 1.54) is 34.8 Å². The molecule has 0 saturated carbocycles. The van der Waals surface area contributed by atoms with Crippen LogP contribution in [-0.2, 0) is 19.3 Å². The maximum Gasteiger partial charge on any atom is 0.193 e. The van der Waals surface area contributed by atoms with Gasteiger partial charge in [0.25, 0.3) is 0 Å². The largest absolute Gasteiger partial charge is 0.490 e. The second kappa shape index (κ2) is 9.59. The van der Waals surface area contributed by atoms with Crippen LogP contribution in [0.15, 0.2) is 23.2 Å². The Morgan fingerprint density at radius 3 is 2.81 bits per heavy atom. The molecule has 0 spiro atoms. The van der Waals surface area contributed by atoms with Crippen LogP contribution in [0, 0.1) is 0 Å². The van der Waals surface area contributed by atoms with Gasteiger partial charge in [-0.3, -0.25) is 4.99 Å². The van der Waals surface area contributed by atoms with Crippen molar-refractivity contribution in [2.45, 2.75) is 38.5 Å². The van der Waals surface area contributed by atoms with E-state index < -0.39 is 0 Å². The summed E-state index contributed by atoms with van der Waals surface area (Å²) in [4.78, 5) is 10.6. The molecule has 1 aromatic heterocycles. The van der Waals surface area contributed by atoms with Crippen LogP contribution in [0.2, 0.25) is 0 Å². The third kappa shape index (κ3) is 5.25. The lowest BCUT2D eigenvalue weighted by molar-refractivity contribution is 0.297. The summed E-state index contributed by atoms with van der Waals surface area (Å²) in [6, 6.07) is 5.72. The van der Waals surface area contributed by atoms with Gasteiger partial charge in [-0.25, -0.2) is 4.98 Å². The molecule has 0 saturated heterocycles. The molecule has 0 radical (unpaired) electrons. The van der Waals surface area contributed by atoms with Crippen LogP contribution in [0.5, 0.6) is 11.5 Å². The molecule has 27 heavy (non-hydrogen) atoms. The maximum atomic E-state index is 6.02. The van der Waals surface area contributed by atoms with E-state index in [-0.39, 0.29) is 24.0 Å². The van der Waals surface area contributed by atoms with Crippen LogP contribution in [0.25, 0.3) is 0 Å². The number of anilines is 1. The number of fused-ring (bicyclic) bond motifs is 2. The maximum absolute atomic E-state index is 6.02. The topological polar surface area (TPSA) is 81.8 Å². The Labute approximate surface area is 180 Å². The standard InChI is InChI=1S/C19H24N4O2S.HI/c20-19(21-9-8-18-23-14-4-1-2-5-17(14)26-18)22-13-6-7-15-16(12-13)25-11-3-10-24-15;/h6-7,12H,1-5,8-11H2,(H3,20,21,22);1H. The second-order valence-electron chi connectivity index (χ2n) is 6.54. The number of hydrogen-bond donors (Lipinski definition) is 2. The molecule has 3 N–H and O–H groups in total. The first-order chi connectivity index (χ1) is 12.8. The molecule has 146 valence electrons. The number of benzene rings is 1. The van der Waals surface area contributed by atoms with Gasteiger partial charge < -0.3 is 20.5 Å². The highest BCUT2D eigenvalue weighted by molar-refractivity contribution is 14.0. The van der Waals surface area contributed by atoms with Crippen molar-refractivity contribution in [2.75, 3.05) is 25.1 Å². The number of aliphatic imine (C=N–C) groups is 1. The highest BCUT2D eigenvalue weighted by Crippen LogP contribution is 2.32. The smallest absolute Gasteiger partial charge is 0.193 e. The van der Waals surface area contributed by atoms with E-state index in [4.69, 9.17) is 20.2 Å². The zero-order valence-corrected chi connectivity index (χ0v) is 18.3. The van der Waals surface area contributed by atoms with Gasteiger partial charge in [0, 0.05) is 36.0 Å². The summed E-state index contributed by atoms with van der Waals surface area (Å²) in [5.41, 5.74) is 8.18. The summed E-state index contributed by atoms with van der Waals surface area (Å²) in [7, 11) is 0. The van der Waals surface area contributed by atoms with Gasteiger partial charge in [0.15, 0.2) is 17.5 Å². The predicted octanol–water partition coefficient (Wildman–Crippen LogP) is 3.77. The first-order valence-corrected chi connectivity index (χ1v) is 10.0. The quantitative estimate of drug-likeness (QED) is 0.380. The molecule has 1 aliphatic carbocycles. The average Bonchev–Trinajstić information content (AvgIpc) is 2.91. The van der Waals surface area contributed by atoms with Crippen molar-refractivity contribution >= 4 is 47.0 Å². The fourth-order valence-electron chi connectivity index (χ4n) is 3.21. The van der Waals surface area contributed by atoms with Crippen molar-refractivity contribution in [3.8, 4) is 11.5 Å². The Balaban J connectivity index is 0.00000210. The Morgan fingerprint density at radius 2 is 1.96 bits per heavy atom. The summed E-state index contributed by atoms with van der Waals surface area (Å²) < 4.78 is 11.3. The van der Waals surface area contributed by atoms with E-state index in [0.29, 0.717) is 25.7 Å². The van der Waals surface area contributed by atoms with Crippen molar-refractivity contribution in [3.05, 3.63) is 33.8 Å². The van der Waals surface area contributed by atoms with Crippen molar-refractivity contribution in [1.29, 1.82) is 0 Å². The first-order valence-electron chi connectivity index (χ1n) is 9.22. The summed E-state index contributed by atoms with van der Waals surface area (Å²) in [5.74, 6) is 1.92. The number of ether oxygens (including phenoxy) is 2. The number of aromatic nitrogens is 1. The number of nitrogens with two attached hydrogens (primary N) is 1. The zero-order chi connectivity index (χ0) is 17.8. The molecule has 6 nitrogen and oxygen atoms in total. The molecule has 0 bridgehead atoms. The highest BCUT2D eigenvalue weighted by atomic mass is 127. The minimum atomic E-state index is 0. The monoisotopic (exact) mass is 500 g/mol. The van der Waals surface area contributed by atoms with E-state index in [1.54, 1.807) is 0 Å². The third-order valence-corrected chi connectivity index (χ3v) is 5.73. The highest BCUT2D eigenvalue weighted by Gasteiger charge is 2.15. The number of aryl methyl sites for hydroxylation is 2. The number of rotatable bonds is 4. The number of thiazole rings is 1. The van der Waals surface area contributed by atoms with Crippen LogP contribution in [0.1, 0.15) is 34.8 Å². The molecular formula is C19H25IN4O2S. The van der Waals surface area contributed by atoms with Crippen molar-refractivity contribution in [1.82, 2.24) is 4.98 Å². The minimum absolute atomic E-state index is 0. The molecule has 8 heteroatoms.